The van der Waals surface area contributed by atoms with Gasteiger partial charge in [0.2, 0.25) is 0 Å². The van der Waals surface area contributed by atoms with Crippen LogP contribution in [-0.4, -0.2) is 16.2 Å². The standard InChI is InChI=1S/C13H12N4S2/c14-6-10-5-9(7-15-11-2-3-11)1-4-12(10)19-13-17-16-8-18-13/h1,4-5,8,11,15H,2-3,7H2. The van der Waals surface area contributed by atoms with Crippen LogP contribution in [0.15, 0.2) is 32.9 Å². The van der Waals surface area contributed by atoms with Gasteiger partial charge in [-0.2, -0.15) is 5.26 Å². The molecule has 0 bridgehead atoms. The smallest absolute Gasteiger partial charge is 0.178 e. The third-order valence-electron chi connectivity index (χ3n) is 2.87. The minimum atomic E-state index is 0.681. The predicted molar refractivity (Wildman–Crippen MR) is 75.1 cm³/mol. The van der Waals surface area contributed by atoms with E-state index in [9.17, 15) is 5.26 Å². The van der Waals surface area contributed by atoms with Crippen LogP contribution in [0.1, 0.15) is 24.0 Å². The maximum absolute atomic E-state index is 9.24. The molecule has 6 heteroatoms. The van der Waals surface area contributed by atoms with Crippen LogP contribution in [-0.2, 0) is 6.54 Å². The Labute approximate surface area is 119 Å². The van der Waals surface area contributed by atoms with Crippen molar-refractivity contribution >= 4 is 23.1 Å². The van der Waals surface area contributed by atoms with Crippen LogP contribution < -0.4 is 5.32 Å². The van der Waals surface area contributed by atoms with Gasteiger partial charge in [-0.25, -0.2) is 0 Å². The lowest BCUT2D eigenvalue weighted by Gasteiger charge is -2.06. The van der Waals surface area contributed by atoms with Gasteiger partial charge in [-0.05, 0) is 30.5 Å². The van der Waals surface area contributed by atoms with Crippen LogP contribution in [0.2, 0.25) is 0 Å². The Bertz CT molecular complexity index is 600. The normalized spacial score (nSPS) is 14.3. The van der Waals surface area contributed by atoms with Gasteiger partial charge < -0.3 is 5.32 Å². The average Bonchev–Trinajstić information content (AvgIpc) is 3.13. The summed E-state index contributed by atoms with van der Waals surface area (Å²) in [6.07, 6.45) is 2.55. The molecule has 0 radical (unpaired) electrons. The highest BCUT2D eigenvalue weighted by Gasteiger charge is 2.20. The largest absolute Gasteiger partial charge is 0.310 e. The molecule has 3 rings (SSSR count). The first-order valence-electron chi connectivity index (χ1n) is 6.05. The van der Waals surface area contributed by atoms with Crippen molar-refractivity contribution in [1.29, 1.82) is 5.26 Å². The first-order valence-corrected chi connectivity index (χ1v) is 7.75. The van der Waals surface area contributed by atoms with Gasteiger partial charge in [-0.1, -0.05) is 29.2 Å². The van der Waals surface area contributed by atoms with Crippen LogP contribution in [0.3, 0.4) is 0 Å². The number of benzene rings is 1. The van der Waals surface area contributed by atoms with Crippen LogP contribution in [0.4, 0.5) is 0 Å². The number of hydrogen-bond acceptors (Lipinski definition) is 6. The molecule has 1 aromatic carbocycles. The zero-order valence-electron chi connectivity index (χ0n) is 10.2. The molecule has 1 aliphatic carbocycles. The molecule has 1 aromatic heterocycles. The summed E-state index contributed by atoms with van der Waals surface area (Å²) >= 11 is 2.98. The number of aromatic nitrogens is 2. The van der Waals surface area contributed by atoms with E-state index in [1.807, 2.05) is 12.1 Å². The Kier molecular flexibility index (Phi) is 3.78. The van der Waals surface area contributed by atoms with Gasteiger partial charge in [0.25, 0.3) is 0 Å². The Morgan fingerprint density at radius 3 is 3.05 bits per heavy atom. The molecule has 96 valence electrons. The summed E-state index contributed by atoms with van der Waals surface area (Å²) in [7, 11) is 0. The molecule has 0 amide bonds. The second kappa shape index (κ2) is 5.70. The Morgan fingerprint density at radius 1 is 1.47 bits per heavy atom. The molecular formula is C13H12N4S2. The fourth-order valence-corrected chi connectivity index (χ4v) is 3.21. The van der Waals surface area contributed by atoms with E-state index in [0.29, 0.717) is 11.6 Å². The van der Waals surface area contributed by atoms with Crippen LogP contribution >= 0.6 is 23.1 Å². The van der Waals surface area contributed by atoms with E-state index in [2.05, 4.69) is 27.6 Å². The third kappa shape index (κ3) is 3.32. The maximum Gasteiger partial charge on any atom is 0.178 e. The highest BCUT2D eigenvalue weighted by molar-refractivity contribution is 8.01. The van der Waals surface area contributed by atoms with Crippen molar-refractivity contribution < 1.29 is 0 Å². The Hall–Kier alpha value is -1.42. The van der Waals surface area contributed by atoms with Gasteiger partial charge in [0.1, 0.15) is 11.6 Å². The Morgan fingerprint density at radius 2 is 2.37 bits per heavy atom. The molecule has 1 saturated carbocycles. The molecule has 0 atom stereocenters. The molecule has 0 saturated heterocycles. The summed E-state index contributed by atoms with van der Waals surface area (Å²) < 4.78 is 0.861. The van der Waals surface area contributed by atoms with Crippen LogP contribution in [0, 0.1) is 11.3 Å². The van der Waals surface area contributed by atoms with Crippen molar-refractivity contribution in [3.63, 3.8) is 0 Å². The SMILES string of the molecule is N#Cc1cc(CNC2CC2)ccc1Sc1nncs1. The molecule has 4 nitrogen and oxygen atoms in total. The second-order valence-electron chi connectivity index (χ2n) is 4.40. The molecule has 19 heavy (non-hydrogen) atoms. The van der Waals surface area contributed by atoms with Crippen molar-refractivity contribution in [3.8, 4) is 6.07 Å². The topological polar surface area (TPSA) is 61.6 Å². The fourth-order valence-electron chi connectivity index (χ4n) is 1.71. The number of hydrogen-bond donors (Lipinski definition) is 1. The van der Waals surface area contributed by atoms with Gasteiger partial charge in [0.05, 0.1) is 5.56 Å². The Balaban J connectivity index is 1.74. The van der Waals surface area contributed by atoms with Gasteiger partial charge in [-0.15, -0.1) is 10.2 Å². The summed E-state index contributed by atoms with van der Waals surface area (Å²) in [5.41, 5.74) is 3.56. The minimum Gasteiger partial charge on any atom is -0.310 e. The highest BCUT2D eigenvalue weighted by atomic mass is 32.2. The summed E-state index contributed by atoms with van der Waals surface area (Å²) in [5, 5.41) is 20.5. The van der Waals surface area contributed by atoms with E-state index in [1.54, 1.807) is 5.51 Å². The number of nitriles is 1. The van der Waals surface area contributed by atoms with Crippen molar-refractivity contribution in [3.05, 3.63) is 34.8 Å². The first-order chi connectivity index (χ1) is 9.35. The van der Waals surface area contributed by atoms with Gasteiger partial charge in [0.15, 0.2) is 4.34 Å². The number of nitrogens with zero attached hydrogens (tertiary/aromatic N) is 3. The second-order valence-corrected chi connectivity index (χ2v) is 6.53. The molecule has 1 aliphatic rings. The van der Waals surface area contributed by atoms with Gasteiger partial charge in [-0.3, -0.25) is 0 Å². The highest BCUT2D eigenvalue weighted by Crippen LogP contribution is 2.31. The lowest BCUT2D eigenvalue weighted by Crippen LogP contribution is -2.15. The van der Waals surface area contributed by atoms with Gasteiger partial charge >= 0.3 is 0 Å². The lowest BCUT2D eigenvalue weighted by atomic mass is 10.1. The van der Waals surface area contributed by atoms with Crippen molar-refractivity contribution in [2.24, 2.45) is 0 Å². The number of nitrogens with one attached hydrogen (secondary N) is 1. The van der Waals surface area contributed by atoms with Gasteiger partial charge in [0, 0.05) is 17.5 Å². The molecule has 1 N–H and O–H groups in total. The van der Waals surface area contributed by atoms with E-state index >= 15 is 0 Å². The van der Waals surface area contributed by atoms with E-state index in [-0.39, 0.29) is 0 Å². The molecular weight excluding hydrogens is 276 g/mol. The summed E-state index contributed by atoms with van der Waals surface area (Å²) in [5.74, 6) is 0. The lowest BCUT2D eigenvalue weighted by molar-refractivity contribution is 0.687. The summed E-state index contributed by atoms with van der Waals surface area (Å²) in [6.45, 7) is 0.836. The monoisotopic (exact) mass is 288 g/mol. The third-order valence-corrected chi connectivity index (χ3v) is 4.73. The quantitative estimate of drug-likeness (QED) is 0.916. The molecule has 0 aliphatic heterocycles. The van der Waals surface area contributed by atoms with Crippen LogP contribution in [0.25, 0.3) is 0 Å². The molecule has 2 aromatic rings. The van der Waals surface area contributed by atoms with Crippen molar-refractivity contribution in [1.82, 2.24) is 15.5 Å². The minimum absolute atomic E-state index is 0.681. The van der Waals surface area contributed by atoms with Crippen molar-refractivity contribution in [2.45, 2.75) is 34.7 Å². The molecule has 0 spiro atoms. The predicted octanol–water partition coefficient (Wildman–Crippen LogP) is 2.81. The average molecular weight is 288 g/mol. The van der Waals surface area contributed by atoms with E-state index in [0.717, 1.165) is 21.3 Å². The van der Waals surface area contributed by atoms with E-state index < -0.39 is 0 Å². The molecule has 1 heterocycles. The molecule has 1 fully saturated rings. The van der Waals surface area contributed by atoms with Crippen molar-refractivity contribution in [2.75, 3.05) is 0 Å². The maximum atomic E-state index is 9.24. The molecule has 0 unspecified atom stereocenters. The fraction of sp³-hybridized carbons (Fsp3) is 0.308. The van der Waals surface area contributed by atoms with E-state index in [1.165, 1.54) is 35.9 Å². The van der Waals surface area contributed by atoms with Crippen LogP contribution in [0.5, 0.6) is 0 Å². The summed E-state index contributed by atoms with van der Waals surface area (Å²) in [4.78, 5) is 0.939. The number of rotatable bonds is 5. The summed E-state index contributed by atoms with van der Waals surface area (Å²) in [6, 6.07) is 8.96. The first kappa shape index (κ1) is 12.6. The van der Waals surface area contributed by atoms with E-state index in [4.69, 9.17) is 0 Å². The zero-order valence-corrected chi connectivity index (χ0v) is 11.8. The zero-order chi connectivity index (χ0) is 13.1.